The van der Waals surface area contributed by atoms with Crippen LogP contribution in [0.4, 0.5) is 17.1 Å². The van der Waals surface area contributed by atoms with E-state index in [0.717, 1.165) is 5.56 Å². The Hall–Kier alpha value is -3.62. The minimum absolute atomic E-state index is 0.0849. The summed E-state index contributed by atoms with van der Waals surface area (Å²) in [5, 5.41) is 16.6. The molecular formula is C20H22N4O5. The van der Waals surface area contributed by atoms with E-state index in [9.17, 15) is 19.7 Å². The first-order valence-electron chi connectivity index (χ1n) is 9.08. The first-order chi connectivity index (χ1) is 13.8. The van der Waals surface area contributed by atoms with Gasteiger partial charge >= 0.3 is 0 Å². The summed E-state index contributed by atoms with van der Waals surface area (Å²) in [6.45, 7) is 3.64. The number of para-hydroxylation sites is 2. The van der Waals surface area contributed by atoms with E-state index in [0.29, 0.717) is 17.0 Å². The fourth-order valence-electron chi connectivity index (χ4n) is 3.22. The highest BCUT2D eigenvalue weighted by molar-refractivity contribution is 5.97. The average molecular weight is 398 g/mol. The molecule has 2 amide bonds. The first kappa shape index (κ1) is 20.1. The molecule has 1 atom stereocenters. The zero-order valence-electron chi connectivity index (χ0n) is 16.4. The average Bonchev–Trinajstić information content (AvgIpc) is 2.70. The molecule has 0 aliphatic carbocycles. The van der Waals surface area contributed by atoms with Crippen LogP contribution in [0.3, 0.4) is 0 Å². The number of fused-ring (bicyclic) bond motifs is 1. The zero-order valence-corrected chi connectivity index (χ0v) is 16.4. The molecule has 0 spiro atoms. The molecule has 0 unspecified atom stereocenters. The van der Waals surface area contributed by atoms with Crippen molar-refractivity contribution >= 4 is 28.9 Å². The van der Waals surface area contributed by atoms with Crippen LogP contribution in [0.25, 0.3) is 0 Å². The van der Waals surface area contributed by atoms with Crippen molar-refractivity contribution in [2.24, 2.45) is 0 Å². The molecule has 152 valence electrons. The molecule has 1 heterocycles. The Bertz CT molecular complexity index is 975. The second kappa shape index (κ2) is 8.17. The number of benzene rings is 2. The van der Waals surface area contributed by atoms with Gasteiger partial charge in [-0.05, 0) is 37.1 Å². The lowest BCUT2D eigenvalue weighted by molar-refractivity contribution is -0.384. The molecule has 2 aromatic rings. The normalized spacial score (nSPS) is 15.1. The van der Waals surface area contributed by atoms with E-state index in [2.05, 4.69) is 10.6 Å². The monoisotopic (exact) mass is 398 g/mol. The Labute approximate surface area is 167 Å². The van der Waals surface area contributed by atoms with E-state index in [4.69, 9.17) is 4.74 Å². The number of hydrogen-bond acceptors (Lipinski definition) is 6. The number of hydrogen-bond donors (Lipinski definition) is 2. The van der Waals surface area contributed by atoms with Gasteiger partial charge in [-0.1, -0.05) is 18.2 Å². The number of nitrogens with one attached hydrogen (secondary N) is 2. The molecule has 0 fully saturated rings. The summed E-state index contributed by atoms with van der Waals surface area (Å²) in [5.74, 6) is -0.220. The van der Waals surface area contributed by atoms with Gasteiger partial charge in [0.2, 0.25) is 5.91 Å². The van der Waals surface area contributed by atoms with Crippen LogP contribution in [0.5, 0.6) is 5.75 Å². The van der Waals surface area contributed by atoms with Gasteiger partial charge in [0, 0.05) is 13.1 Å². The second-order valence-corrected chi connectivity index (χ2v) is 6.78. The summed E-state index contributed by atoms with van der Waals surface area (Å²) in [6, 6.07) is 10.1. The number of amides is 2. The summed E-state index contributed by atoms with van der Waals surface area (Å²) in [7, 11) is 1.52. The van der Waals surface area contributed by atoms with Crippen LogP contribution in [0, 0.1) is 24.0 Å². The molecule has 0 saturated heterocycles. The summed E-state index contributed by atoms with van der Waals surface area (Å²) in [4.78, 5) is 37.4. The molecule has 29 heavy (non-hydrogen) atoms. The second-order valence-electron chi connectivity index (χ2n) is 6.78. The number of nitro groups is 1. The van der Waals surface area contributed by atoms with Crippen molar-refractivity contribution in [1.29, 1.82) is 0 Å². The summed E-state index contributed by atoms with van der Waals surface area (Å²) in [6.07, 6.45) is -0.766. The van der Waals surface area contributed by atoms with Crippen LogP contribution in [0.15, 0.2) is 36.4 Å². The van der Waals surface area contributed by atoms with Crippen molar-refractivity contribution in [2.45, 2.75) is 20.0 Å². The van der Waals surface area contributed by atoms with Crippen molar-refractivity contribution in [2.75, 3.05) is 30.4 Å². The van der Waals surface area contributed by atoms with Gasteiger partial charge in [0.15, 0.2) is 6.10 Å². The third kappa shape index (κ3) is 4.13. The lowest BCUT2D eigenvalue weighted by Crippen LogP contribution is -2.50. The van der Waals surface area contributed by atoms with Crippen molar-refractivity contribution in [3.05, 3.63) is 57.6 Å². The van der Waals surface area contributed by atoms with E-state index < -0.39 is 16.9 Å². The molecule has 0 radical (unpaired) electrons. The highest BCUT2D eigenvalue weighted by Gasteiger charge is 2.31. The Balaban J connectivity index is 1.85. The van der Waals surface area contributed by atoms with E-state index in [-0.39, 0.29) is 30.4 Å². The first-order valence-corrected chi connectivity index (χ1v) is 9.08. The van der Waals surface area contributed by atoms with E-state index >= 15 is 0 Å². The van der Waals surface area contributed by atoms with Gasteiger partial charge in [0.25, 0.3) is 11.6 Å². The largest absolute Gasteiger partial charge is 0.477 e. The fourth-order valence-corrected chi connectivity index (χ4v) is 3.22. The third-order valence-corrected chi connectivity index (χ3v) is 4.91. The number of carbonyl (C=O) groups is 2. The van der Waals surface area contributed by atoms with Gasteiger partial charge in [-0.3, -0.25) is 19.7 Å². The van der Waals surface area contributed by atoms with E-state index in [1.54, 1.807) is 36.1 Å². The fraction of sp³-hybridized carbons (Fsp3) is 0.300. The van der Waals surface area contributed by atoms with Gasteiger partial charge in [0.1, 0.15) is 11.4 Å². The predicted molar refractivity (Wildman–Crippen MR) is 108 cm³/mol. The smallest absolute Gasteiger partial charge is 0.293 e. The Kier molecular flexibility index (Phi) is 5.67. The number of likely N-dealkylation sites (N-methyl/N-ethyl adjacent to an activating group) is 1. The van der Waals surface area contributed by atoms with Crippen LogP contribution >= 0.6 is 0 Å². The molecule has 1 aliphatic rings. The molecule has 0 bridgehead atoms. The molecule has 0 saturated carbocycles. The number of nitro benzene ring substituents is 1. The van der Waals surface area contributed by atoms with Gasteiger partial charge in [0.05, 0.1) is 23.7 Å². The molecule has 1 aliphatic heterocycles. The molecule has 3 rings (SSSR count). The minimum atomic E-state index is -0.766. The van der Waals surface area contributed by atoms with E-state index in [1.807, 2.05) is 13.0 Å². The van der Waals surface area contributed by atoms with Crippen molar-refractivity contribution in [3.8, 4) is 5.75 Å². The van der Waals surface area contributed by atoms with Gasteiger partial charge in [-0.25, -0.2) is 0 Å². The van der Waals surface area contributed by atoms with Gasteiger partial charge in [-0.2, -0.15) is 0 Å². The molecule has 0 aromatic heterocycles. The maximum atomic E-state index is 12.8. The Morgan fingerprint density at radius 3 is 2.66 bits per heavy atom. The summed E-state index contributed by atoms with van der Waals surface area (Å²) in [5.41, 5.74) is 2.18. The highest BCUT2D eigenvalue weighted by Crippen LogP contribution is 2.34. The van der Waals surface area contributed by atoms with Crippen LogP contribution < -0.4 is 20.3 Å². The number of carbonyl (C=O) groups excluding carboxylic acids is 2. The predicted octanol–water partition coefficient (Wildman–Crippen LogP) is 2.16. The number of rotatable bonds is 5. The lowest BCUT2D eigenvalue weighted by atomic mass is 10.1. The SMILES string of the molecule is CNC(=O)[C@@H]1CN(CC(=O)Nc2c([N+](=O)[O-])ccc(C)c2C)c2ccccc2O1. The van der Waals surface area contributed by atoms with Crippen molar-refractivity contribution < 1.29 is 19.2 Å². The van der Waals surface area contributed by atoms with Gasteiger partial charge < -0.3 is 20.3 Å². The van der Waals surface area contributed by atoms with Crippen LogP contribution in [0.1, 0.15) is 11.1 Å². The van der Waals surface area contributed by atoms with Gasteiger partial charge in [-0.15, -0.1) is 0 Å². The number of nitrogens with zero attached hydrogens (tertiary/aromatic N) is 2. The highest BCUT2D eigenvalue weighted by atomic mass is 16.6. The van der Waals surface area contributed by atoms with Crippen molar-refractivity contribution in [3.63, 3.8) is 0 Å². The number of ether oxygens (including phenoxy) is 1. The van der Waals surface area contributed by atoms with E-state index in [1.165, 1.54) is 13.1 Å². The molecule has 2 N–H and O–H groups in total. The van der Waals surface area contributed by atoms with Crippen LogP contribution in [-0.2, 0) is 9.59 Å². The Morgan fingerprint density at radius 2 is 1.97 bits per heavy atom. The maximum absolute atomic E-state index is 12.8. The van der Waals surface area contributed by atoms with Crippen LogP contribution in [0.2, 0.25) is 0 Å². The lowest BCUT2D eigenvalue weighted by Gasteiger charge is -2.35. The van der Waals surface area contributed by atoms with Crippen molar-refractivity contribution in [1.82, 2.24) is 5.32 Å². The minimum Gasteiger partial charge on any atom is -0.477 e. The molecular weight excluding hydrogens is 376 g/mol. The quantitative estimate of drug-likeness (QED) is 0.589. The number of anilines is 2. The molecule has 9 nitrogen and oxygen atoms in total. The molecule has 2 aromatic carbocycles. The maximum Gasteiger partial charge on any atom is 0.293 e. The third-order valence-electron chi connectivity index (χ3n) is 4.91. The number of aryl methyl sites for hydroxylation is 1. The molecule has 9 heteroatoms. The van der Waals surface area contributed by atoms with Crippen LogP contribution in [-0.4, -0.2) is 43.0 Å². The zero-order chi connectivity index (χ0) is 21.1. The topological polar surface area (TPSA) is 114 Å². The Morgan fingerprint density at radius 1 is 1.24 bits per heavy atom. The summed E-state index contributed by atoms with van der Waals surface area (Å²) < 4.78 is 5.73. The standard InChI is InChI=1S/C20H22N4O5/c1-12-8-9-15(24(27)28)19(13(12)2)22-18(25)11-23-10-17(20(26)21-3)29-16-7-5-4-6-14(16)23/h4-9,17H,10-11H2,1-3H3,(H,21,26)(H,22,25)/t17-/m0/s1. The summed E-state index contributed by atoms with van der Waals surface area (Å²) >= 11 is 0.